The Morgan fingerprint density at radius 3 is 2.28 bits per heavy atom. The molecule has 4 aliphatic heterocycles. The lowest BCUT2D eigenvalue weighted by atomic mass is 9.70. The van der Waals surface area contributed by atoms with Gasteiger partial charge >= 0.3 is 29.8 Å². The molecule has 4 N–H and O–H groups in total. The first-order chi connectivity index (χ1) is 32.6. The van der Waals surface area contributed by atoms with Gasteiger partial charge in [-0.15, -0.1) is 0 Å². The van der Waals surface area contributed by atoms with Crippen LogP contribution in [0.25, 0.3) is 0 Å². The van der Waals surface area contributed by atoms with Crippen LogP contribution < -0.4 is 0 Å². The molecule has 1 aromatic rings. The first-order valence-electron chi connectivity index (χ1n) is 23.6. The standard InChI is InChI=1S/C52H70O17/c1-8-9-10-11-15-18-44(56)67-48-36(25-45(57)62-7)24-39-28-42(31-53)66-47(59)27-37(55)26-40-29-43(64-33(2)54)50(5,6)51(60,68-40)30-41-22-35(23-46(58)63-32-34-16-13-12-14-17-34)21-38(65-41)19-20-49(3,4)52(48,61)69-39/h10-20,23,25,37-43,48,53,55,60-61H,8-9,21-22,24,26-32H2,1-7H3/b11-10+,18-15+,20-19+,35-23+,36-25+/t37-,38?,39+,40?,41+,42-,43+,48?,51+,52-/m1/s1. The largest absolute Gasteiger partial charge is 0.466 e. The third kappa shape index (κ3) is 14.8. The number of methoxy groups -OCH3 is 1. The van der Waals surface area contributed by atoms with Crippen LogP contribution >= 0.6 is 0 Å². The topological polar surface area (TPSA) is 240 Å². The third-order valence-corrected chi connectivity index (χ3v) is 13.1. The van der Waals surface area contributed by atoms with Crippen molar-refractivity contribution in [2.24, 2.45) is 10.8 Å². The molecule has 1 aromatic carbocycles. The molecule has 6 bridgehead atoms. The van der Waals surface area contributed by atoms with Crippen LogP contribution in [0.4, 0.5) is 0 Å². The van der Waals surface area contributed by atoms with Gasteiger partial charge in [-0.05, 0) is 36.8 Å². The lowest BCUT2D eigenvalue weighted by Crippen LogP contribution is -2.62. The molecule has 69 heavy (non-hydrogen) atoms. The van der Waals surface area contributed by atoms with Crippen molar-refractivity contribution in [2.45, 2.75) is 173 Å². The number of aliphatic hydroxyl groups is 4. The SMILES string of the molecule is CCC/C=C/C=C/C(=O)OC1/C(=C/C(=O)OC)C[C@H]2C[C@H](CO)OC(=O)C[C@H](O)CC3C[C@H](OC(C)=O)C(C)(C)[C@](O)(C[C@@H]4C/C(=C/C(=O)OCc5ccccc5)CC(/C=C/C(C)(C)[C@]1(O)O2)O4)O3. The number of unbranched alkanes of at least 4 members (excludes halogenated alkanes) is 1. The van der Waals surface area contributed by atoms with Crippen LogP contribution in [0.5, 0.6) is 0 Å². The number of allylic oxidation sites excluding steroid dienone is 3. The monoisotopic (exact) mass is 966 g/mol. The van der Waals surface area contributed by atoms with E-state index >= 15 is 0 Å². The van der Waals surface area contributed by atoms with E-state index in [1.54, 1.807) is 45.9 Å². The fourth-order valence-electron chi connectivity index (χ4n) is 9.15. The van der Waals surface area contributed by atoms with Crippen LogP contribution in [0.3, 0.4) is 0 Å². The summed E-state index contributed by atoms with van der Waals surface area (Å²) in [6.07, 6.45) is 3.78. The van der Waals surface area contributed by atoms with E-state index in [1.165, 1.54) is 25.2 Å². The number of cyclic esters (lactones) is 1. The quantitative estimate of drug-likeness (QED) is 0.0708. The molecular weight excluding hydrogens is 897 g/mol. The Labute approximate surface area is 404 Å². The van der Waals surface area contributed by atoms with Crippen LogP contribution in [0.15, 0.2) is 90.1 Å². The minimum atomic E-state index is -2.47. The number of fused-ring (bicyclic) bond motifs is 6. The Morgan fingerprint density at radius 2 is 1.59 bits per heavy atom. The number of hydrogen-bond donors (Lipinski definition) is 4. The zero-order valence-corrected chi connectivity index (χ0v) is 40.7. The van der Waals surface area contributed by atoms with Crippen LogP contribution in [0, 0.1) is 10.8 Å². The molecule has 17 nitrogen and oxygen atoms in total. The van der Waals surface area contributed by atoms with Gasteiger partial charge in [0.2, 0.25) is 5.79 Å². The predicted molar refractivity (Wildman–Crippen MR) is 248 cm³/mol. The summed E-state index contributed by atoms with van der Waals surface area (Å²) in [6.45, 7) is 9.16. The lowest BCUT2D eigenvalue weighted by molar-refractivity contribution is -0.348. The van der Waals surface area contributed by atoms with Crippen LogP contribution in [-0.2, 0) is 68.5 Å². The van der Waals surface area contributed by atoms with E-state index in [0.29, 0.717) is 5.57 Å². The Balaban J connectivity index is 1.61. The number of benzene rings is 1. The molecule has 0 spiro atoms. The van der Waals surface area contributed by atoms with Crippen molar-refractivity contribution in [3.63, 3.8) is 0 Å². The molecule has 17 heteroatoms. The second kappa shape index (κ2) is 24.2. The van der Waals surface area contributed by atoms with Crippen molar-refractivity contribution >= 4 is 29.8 Å². The Kier molecular flexibility index (Phi) is 19.3. The highest BCUT2D eigenvalue weighted by atomic mass is 16.7. The number of carbonyl (C=O) groups excluding carboxylic acids is 5. The fraction of sp³-hybridized carbons (Fsp3) is 0.596. The summed E-state index contributed by atoms with van der Waals surface area (Å²) < 4.78 is 47.5. The van der Waals surface area contributed by atoms with Gasteiger partial charge in [-0.2, -0.15) is 0 Å². The molecule has 3 saturated heterocycles. The molecule has 4 aliphatic rings. The van der Waals surface area contributed by atoms with Gasteiger partial charge in [0.05, 0.1) is 56.1 Å². The maximum absolute atomic E-state index is 13.5. The van der Waals surface area contributed by atoms with E-state index in [0.717, 1.165) is 31.6 Å². The summed E-state index contributed by atoms with van der Waals surface area (Å²) in [4.78, 5) is 65.6. The molecule has 3 unspecified atom stereocenters. The number of carbonyl (C=O) groups is 5. The molecule has 10 atom stereocenters. The van der Waals surface area contributed by atoms with E-state index in [-0.39, 0.29) is 57.1 Å². The molecule has 4 heterocycles. The minimum Gasteiger partial charge on any atom is -0.466 e. The van der Waals surface area contributed by atoms with Gasteiger partial charge in [0.25, 0.3) is 0 Å². The summed E-state index contributed by atoms with van der Waals surface area (Å²) in [7, 11) is 1.16. The second-order valence-corrected chi connectivity index (χ2v) is 19.4. The van der Waals surface area contributed by atoms with Crippen molar-refractivity contribution in [1.29, 1.82) is 0 Å². The van der Waals surface area contributed by atoms with Gasteiger partial charge in [0.15, 0.2) is 11.9 Å². The lowest BCUT2D eigenvalue weighted by Gasteiger charge is -2.53. The Morgan fingerprint density at radius 1 is 0.855 bits per heavy atom. The molecule has 0 saturated carbocycles. The normalized spacial score (nSPS) is 33.5. The molecule has 380 valence electrons. The van der Waals surface area contributed by atoms with Crippen LogP contribution in [0.2, 0.25) is 0 Å². The number of aliphatic hydroxyl groups excluding tert-OH is 2. The summed E-state index contributed by atoms with van der Waals surface area (Å²) >= 11 is 0. The highest BCUT2D eigenvalue weighted by Gasteiger charge is 2.59. The average molecular weight is 967 g/mol. The van der Waals surface area contributed by atoms with Gasteiger partial charge in [-0.1, -0.05) is 107 Å². The number of rotatable bonds is 11. The summed E-state index contributed by atoms with van der Waals surface area (Å²) in [5.74, 6) is -8.34. The first kappa shape index (κ1) is 54.9. The Bertz CT molecular complexity index is 2100. The maximum Gasteiger partial charge on any atom is 0.331 e. The van der Waals surface area contributed by atoms with Gasteiger partial charge in [-0.3, -0.25) is 9.59 Å². The highest BCUT2D eigenvalue weighted by molar-refractivity contribution is 5.85. The van der Waals surface area contributed by atoms with Gasteiger partial charge in [0, 0.05) is 56.3 Å². The Hall–Kier alpha value is -5.01. The second-order valence-electron chi connectivity index (χ2n) is 19.4. The average Bonchev–Trinajstić information content (AvgIpc) is 3.27. The van der Waals surface area contributed by atoms with E-state index in [9.17, 15) is 44.4 Å². The zero-order chi connectivity index (χ0) is 50.6. The van der Waals surface area contributed by atoms with Crippen LogP contribution in [-0.4, -0.2) is 124 Å². The van der Waals surface area contributed by atoms with Crippen molar-refractivity contribution in [1.82, 2.24) is 0 Å². The summed E-state index contributed by atoms with van der Waals surface area (Å²) in [5.41, 5.74) is -1.31. The maximum atomic E-state index is 13.5. The predicted octanol–water partition coefficient (Wildman–Crippen LogP) is 5.46. The van der Waals surface area contributed by atoms with E-state index in [1.807, 2.05) is 43.3 Å². The van der Waals surface area contributed by atoms with E-state index in [4.69, 9.17) is 37.9 Å². The number of ether oxygens (including phenoxy) is 8. The van der Waals surface area contributed by atoms with E-state index in [2.05, 4.69) is 0 Å². The summed E-state index contributed by atoms with van der Waals surface area (Å²) in [5, 5.41) is 47.3. The third-order valence-electron chi connectivity index (χ3n) is 13.1. The van der Waals surface area contributed by atoms with E-state index < -0.39 is 114 Å². The summed E-state index contributed by atoms with van der Waals surface area (Å²) in [6, 6.07) is 9.16. The molecule has 0 aliphatic carbocycles. The van der Waals surface area contributed by atoms with Gasteiger partial charge in [0.1, 0.15) is 18.8 Å². The number of hydrogen-bond acceptors (Lipinski definition) is 17. The zero-order valence-electron chi connectivity index (χ0n) is 40.7. The van der Waals surface area contributed by atoms with Crippen molar-refractivity contribution in [2.75, 3.05) is 13.7 Å². The van der Waals surface area contributed by atoms with Crippen molar-refractivity contribution in [3.8, 4) is 0 Å². The molecular formula is C52H70O17. The molecule has 0 aromatic heterocycles. The van der Waals surface area contributed by atoms with Crippen molar-refractivity contribution < 1.29 is 82.3 Å². The molecule has 5 rings (SSSR count). The minimum absolute atomic E-state index is 0.0211. The number of esters is 5. The van der Waals surface area contributed by atoms with Gasteiger partial charge < -0.3 is 58.3 Å². The molecule has 0 amide bonds. The van der Waals surface area contributed by atoms with Gasteiger partial charge in [-0.25, -0.2) is 14.4 Å². The van der Waals surface area contributed by atoms with Crippen LogP contribution in [0.1, 0.15) is 111 Å². The highest BCUT2D eigenvalue weighted by Crippen LogP contribution is 2.50. The molecule has 3 fully saturated rings. The van der Waals surface area contributed by atoms with Crippen molar-refractivity contribution in [3.05, 3.63) is 95.6 Å². The fourth-order valence-corrected chi connectivity index (χ4v) is 9.15. The molecule has 0 radical (unpaired) electrons. The first-order valence-corrected chi connectivity index (χ1v) is 23.6. The smallest absolute Gasteiger partial charge is 0.331 e.